The van der Waals surface area contributed by atoms with Crippen molar-refractivity contribution in [2.75, 3.05) is 13.1 Å². The van der Waals surface area contributed by atoms with E-state index in [0.29, 0.717) is 0 Å². The zero-order valence-electron chi connectivity index (χ0n) is 8.34. The fourth-order valence-electron chi connectivity index (χ4n) is 1.25. The average molecular weight is 196 g/mol. The van der Waals surface area contributed by atoms with Crippen molar-refractivity contribution in [2.45, 2.75) is 38.5 Å². The van der Waals surface area contributed by atoms with Crippen LogP contribution in [0.2, 0.25) is 0 Å². The number of hydrogen-bond donors (Lipinski definition) is 0. The minimum Gasteiger partial charge on any atom is -0.167 e. The molecule has 1 aliphatic rings. The summed E-state index contributed by atoms with van der Waals surface area (Å²) in [5.74, 6) is 0. The molecule has 0 N–H and O–H groups in total. The molecule has 0 unspecified atom stereocenters. The fraction of sp³-hybridized carbons (Fsp3) is 1.00. The summed E-state index contributed by atoms with van der Waals surface area (Å²) in [5.41, 5.74) is 0. The minimum absolute atomic E-state index is 0.732. The van der Waals surface area contributed by atoms with Crippen LogP contribution in [0.5, 0.6) is 0 Å². The second kappa shape index (κ2) is 8.40. The largest absolute Gasteiger partial charge is 0.167 e. The van der Waals surface area contributed by atoms with Crippen LogP contribution in [0.25, 0.3) is 0 Å². The molecule has 0 saturated carbocycles. The van der Waals surface area contributed by atoms with E-state index in [4.69, 9.17) is 0 Å². The van der Waals surface area contributed by atoms with Crippen LogP contribution in [-0.4, -0.2) is 13.1 Å². The van der Waals surface area contributed by atoms with E-state index in [1.165, 1.54) is 25.7 Å². The third-order valence-corrected chi connectivity index (χ3v) is 2.01. The molecule has 1 heterocycles. The maximum atomic E-state index is 3.82. The van der Waals surface area contributed by atoms with Gasteiger partial charge in [0.05, 0.1) is 13.1 Å². The van der Waals surface area contributed by atoms with Gasteiger partial charge in [-0.3, -0.25) is 0 Å². The first-order valence-corrected chi connectivity index (χ1v) is 5.13. The van der Waals surface area contributed by atoms with E-state index < -0.39 is 0 Å². The second-order valence-corrected chi connectivity index (χ2v) is 3.21. The normalized spacial score (nSPS) is 27.4. The van der Waals surface area contributed by atoms with E-state index in [9.17, 15) is 0 Å². The standard InChI is InChI=1S/C8H16N6/c1-2-4-6-8-10-12-14-13-11-9-7-5-3-1/h1-8H2/b11-9+,12-10+,14-13-. The molecule has 0 spiro atoms. The van der Waals surface area contributed by atoms with Crippen molar-refractivity contribution in [2.24, 2.45) is 31.1 Å². The average Bonchev–Trinajstić information content (AvgIpc) is 2.22. The maximum Gasteiger partial charge on any atom is 0.0621 e. The Balaban J connectivity index is 2.27. The molecule has 14 heavy (non-hydrogen) atoms. The van der Waals surface area contributed by atoms with Crippen molar-refractivity contribution >= 4 is 0 Å². The highest BCUT2D eigenvalue weighted by atomic mass is 15.6. The molecule has 0 aromatic rings. The Morgan fingerprint density at radius 2 is 0.857 bits per heavy atom. The zero-order chi connectivity index (χ0) is 9.90. The SMILES string of the molecule is C1CCCC/N=N/N=N\N=N\CCC1. The van der Waals surface area contributed by atoms with E-state index in [1.807, 2.05) is 0 Å². The van der Waals surface area contributed by atoms with Gasteiger partial charge in [0.1, 0.15) is 0 Å². The third kappa shape index (κ3) is 6.33. The van der Waals surface area contributed by atoms with Crippen molar-refractivity contribution in [3.8, 4) is 0 Å². The van der Waals surface area contributed by atoms with Gasteiger partial charge < -0.3 is 0 Å². The molecular weight excluding hydrogens is 180 g/mol. The summed E-state index contributed by atoms with van der Waals surface area (Å²) in [6, 6.07) is 0. The molecule has 0 fully saturated rings. The van der Waals surface area contributed by atoms with Crippen molar-refractivity contribution in [1.29, 1.82) is 0 Å². The Morgan fingerprint density at radius 3 is 1.36 bits per heavy atom. The first-order chi connectivity index (χ1) is 7.00. The van der Waals surface area contributed by atoms with E-state index in [2.05, 4.69) is 31.1 Å². The van der Waals surface area contributed by atoms with Crippen molar-refractivity contribution in [1.82, 2.24) is 0 Å². The Kier molecular flexibility index (Phi) is 6.53. The van der Waals surface area contributed by atoms with Crippen LogP contribution >= 0.6 is 0 Å². The van der Waals surface area contributed by atoms with Gasteiger partial charge in [0.2, 0.25) is 0 Å². The fourth-order valence-corrected chi connectivity index (χ4v) is 1.25. The van der Waals surface area contributed by atoms with Crippen molar-refractivity contribution in [3.05, 3.63) is 0 Å². The Hall–Kier alpha value is -1.20. The van der Waals surface area contributed by atoms with Gasteiger partial charge in [0.15, 0.2) is 0 Å². The van der Waals surface area contributed by atoms with Crippen LogP contribution in [0.4, 0.5) is 0 Å². The van der Waals surface area contributed by atoms with Crippen LogP contribution in [-0.2, 0) is 0 Å². The molecule has 0 aliphatic carbocycles. The second-order valence-electron chi connectivity index (χ2n) is 3.21. The Labute approximate surface area is 83.6 Å². The van der Waals surface area contributed by atoms with Gasteiger partial charge in [-0.05, 0) is 33.7 Å². The van der Waals surface area contributed by atoms with Gasteiger partial charge in [0, 0.05) is 0 Å². The summed E-state index contributed by atoms with van der Waals surface area (Å²) in [6.07, 6.45) is 7.15. The van der Waals surface area contributed by atoms with Crippen LogP contribution in [0, 0.1) is 0 Å². The van der Waals surface area contributed by atoms with Gasteiger partial charge >= 0.3 is 0 Å². The summed E-state index contributed by atoms with van der Waals surface area (Å²) < 4.78 is 0. The van der Waals surface area contributed by atoms with E-state index in [1.54, 1.807) is 0 Å². The van der Waals surface area contributed by atoms with Crippen LogP contribution in [0.3, 0.4) is 0 Å². The van der Waals surface area contributed by atoms with Crippen LogP contribution in [0.15, 0.2) is 31.1 Å². The van der Waals surface area contributed by atoms with E-state index >= 15 is 0 Å². The molecular formula is C8H16N6. The highest BCUT2D eigenvalue weighted by molar-refractivity contribution is 4.48. The van der Waals surface area contributed by atoms with Crippen LogP contribution in [0.1, 0.15) is 38.5 Å². The molecule has 6 nitrogen and oxygen atoms in total. The highest BCUT2D eigenvalue weighted by Gasteiger charge is 1.91. The van der Waals surface area contributed by atoms with Gasteiger partial charge in [-0.25, -0.2) is 0 Å². The molecule has 0 radical (unpaired) electrons. The van der Waals surface area contributed by atoms with Gasteiger partial charge in [-0.1, -0.05) is 25.7 Å². The molecule has 0 aromatic carbocycles. The molecule has 0 saturated heterocycles. The molecule has 78 valence electrons. The topological polar surface area (TPSA) is 74.2 Å². The quantitative estimate of drug-likeness (QED) is 0.568. The Morgan fingerprint density at radius 1 is 0.429 bits per heavy atom. The number of hydrogen-bond acceptors (Lipinski definition) is 6. The predicted molar refractivity (Wildman–Crippen MR) is 52.0 cm³/mol. The molecule has 6 heteroatoms. The highest BCUT2D eigenvalue weighted by Crippen LogP contribution is 2.06. The molecule has 0 atom stereocenters. The summed E-state index contributed by atoms with van der Waals surface area (Å²) in [7, 11) is 0. The monoisotopic (exact) mass is 196 g/mol. The molecule has 0 bridgehead atoms. The van der Waals surface area contributed by atoms with Crippen molar-refractivity contribution in [3.63, 3.8) is 0 Å². The molecule has 1 aliphatic heterocycles. The van der Waals surface area contributed by atoms with Gasteiger partial charge in [-0.2, -0.15) is 10.2 Å². The molecule has 1 rings (SSSR count). The lowest BCUT2D eigenvalue weighted by molar-refractivity contribution is 0.587. The predicted octanol–water partition coefficient (Wildman–Crippen LogP) is 3.53. The first kappa shape index (κ1) is 10.9. The molecule has 0 aromatic heterocycles. The summed E-state index contributed by atoms with van der Waals surface area (Å²) >= 11 is 0. The minimum atomic E-state index is 0.732. The summed E-state index contributed by atoms with van der Waals surface area (Å²) in [6.45, 7) is 1.46. The number of rotatable bonds is 0. The van der Waals surface area contributed by atoms with Crippen LogP contribution < -0.4 is 0 Å². The third-order valence-electron chi connectivity index (χ3n) is 2.01. The van der Waals surface area contributed by atoms with Gasteiger partial charge in [-0.15, -0.1) is 0 Å². The lowest BCUT2D eigenvalue weighted by atomic mass is 10.1. The zero-order valence-corrected chi connectivity index (χ0v) is 8.34. The van der Waals surface area contributed by atoms with E-state index in [-0.39, 0.29) is 0 Å². The molecule has 0 amide bonds. The lowest BCUT2D eigenvalue weighted by Crippen LogP contribution is -1.84. The summed E-state index contributed by atoms with van der Waals surface area (Å²) in [5, 5.41) is 21.4. The smallest absolute Gasteiger partial charge is 0.0621 e. The van der Waals surface area contributed by atoms with Gasteiger partial charge in [0.25, 0.3) is 0 Å². The van der Waals surface area contributed by atoms with Crippen molar-refractivity contribution < 1.29 is 0 Å². The number of nitrogens with zero attached hydrogens (tertiary/aromatic N) is 6. The Bertz CT molecular complexity index is 188. The summed E-state index contributed by atoms with van der Waals surface area (Å²) in [4.78, 5) is 0. The lowest BCUT2D eigenvalue weighted by Gasteiger charge is -1.98. The maximum absolute atomic E-state index is 3.82. The van der Waals surface area contributed by atoms with E-state index in [0.717, 1.165) is 25.9 Å². The first-order valence-electron chi connectivity index (χ1n) is 5.13.